The number of nitrogens with one attached hydrogen (secondary N) is 2. The van der Waals surface area contributed by atoms with Crippen LogP contribution in [0.2, 0.25) is 0 Å². The third-order valence-electron chi connectivity index (χ3n) is 3.42. The smallest absolute Gasteiger partial charge is 0.244 e. The van der Waals surface area contributed by atoms with Gasteiger partial charge in [-0.05, 0) is 48.2 Å². The zero-order chi connectivity index (χ0) is 14.4. The van der Waals surface area contributed by atoms with E-state index in [0.29, 0.717) is 0 Å². The third-order valence-corrected chi connectivity index (χ3v) is 4.13. The SMILES string of the molecule is C[C@H](NC(=O)/C=C/c1ccsc1)C(=O)NC1CCCC1. The zero-order valence-electron chi connectivity index (χ0n) is 11.6. The van der Waals surface area contributed by atoms with Gasteiger partial charge in [0.15, 0.2) is 0 Å². The fourth-order valence-electron chi connectivity index (χ4n) is 2.27. The third kappa shape index (κ3) is 4.49. The van der Waals surface area contributed by atoms with Crippen LogP contribution in [0.3, 0.4) is 0 Å². The minimum absolute atomic E-state index is 0.103. The van der Waals surface area contributed by atoms with E-state index in [1.54, 1.807) is 24.3 Å². The maximum absolute atomic E-state index is 11.9. The van der Waals surface area contributed by atoms with E-state index in [-0.39, 0.29) is 17.9 Å². The Morgan fingerprint density at radius 3 is 2.80 bits per heavy atom. The van der Waals surface area contributed by atoms with Gasteiger partial charge in [0.1, 0.15) is 6.04 Å². The van der Waals surface area contributed by atoms with Crippen molar-refractivity contribution in [3.8, 4) is 0 Å². The summed E-state index contributed by atoms with van der Waals surface area (Å²) in [5.74, 6) is -0.348. The number of rotatable bonds is 5. The van der Waals surface area contributed by atoms with Gasteiger partial charge in [0.25, 0.3) is 0 Å². The maximum Gasteiger partial charge on any atom is 0.244 e. The highest BCUT2D eigenvalue weighted by Crippen LogP contribution is 2.17. The molecule has 0 aromatic carbocycles. The number of carbonyl (C=O) groups is 2. The summed E-state index contributed by atoms with van der Waals surface area (Å²) in [5, 5.41) is 9.57. The lowest BCUT2D eigenvalue weighted by Crippen LogP contribution is -2.47. The minimum Gasteiger partial charge on any atom is -0.352 e. The molecule has 0 bridgehead atoms. The highest BCUT2D eigenvalue weighted by Gasteiger charge is 2.21. The Hall–Kier alpha value is -1.62. The van der Waals surface area contributed by atoms with Gasteiger partial charge in [-0.15, -0.1) is 0 Å². The fraction of sp³-hybridized carbons (Fsp3) is 0.467. The molecule has 108 valence electrons. The summed E-state index contributed by atoms with van der Waals surface area (Å²) in [6.45, 7) is 1.71. The van der Waals surface area contributed by atoms with Crippen molar-refractivity contribution in [3.05, 3.63) is 28.5 Å². The molecule has 1 atom stereocenters. The van der Waals surface area contributed by atoms with E-state index in [0.717, 1.165) is 18.4 Å². The first-order valence-corrected chi connectivity index (χ1v) is 7.90. The average Bonchev–Trinajstić information content (AvgIpc) is 3.09. The monoisotopic (exact) mass is 292 g/mol. The number of amides is 2. The van der Waals surface area contributed by atoms with Gasteiger partial charge >= 0.3 is 0 Å². The summed E-state index contributed by atoms with van der Waals surface area (Å²) in [4.78, 5) is 23.6. The topological polar surface area (TPSA) is 58.2 Å². The number of thiophene rings is 1. The molecule has 2 N–H and O–H groups in total. The summed E-state index contributed by atoms with van der Waals surface area (Å²) in [6.07, 6.45) is 7.65. The van der Waals surface area contributed by atoms with E-state index < -0.39 is 6.04 Å². The summed E-state index contributed by atoms with van der Waals surface area (Å²) in [6, 6.07) is 1.71. The molecule has 0 radical (unpaired) electrons. The van der Waals surface area contributed by atoms with Crippen molar-refractivity contribution in [1.29, 1.82) is 0 Å². The van der Waals surface area contributed by atoms with Gasteiger partial charge in [0, 0.05) is 12.1 Å². The minimum atomic E-state index is -0.504. The molecule has 2 amide bonds. The average molecular weight is 292 g/mol. The van der Waals surface area contributed by atoms with Gasteiger partial charge in [0.05, 0.1) is 0 Å². The molecule has 1 aliphatic rings. The molecule has 1 fully saturated rings. The molecule has 20 heavy (non-hydrogen) atoms. The van der Waals surface area contributed by atoms with Crippen LogP contribution in [0, 0.1) is 0 Å². The fourth-order valence-corrected chi connectivity index (χ4v) is 2.89. The zero-order valence-corrected chi connectivity index (χ0v) is 12.4. The van der Waals surface area contributed by atoms with Crippen molar-refractivity contribution in [3.63, 3.8) is 0 Å². The molecule has 0 unspecified atom stereocenters. The van der Waals surface area contributed by atoms with Crippen LogP contribution in [0.5, 0.6) is 0 Å². The predicted molar refractivity (Wildman–Crippen MR) is 81.4 cm³/mol. The first kappa shape index (κ1) is 14.8. The largest absolute Gasteiger partial charge is 0.352 e. The Balaban J connectivity index is 1.76. The summed E-state index contributed by atoms with van der Waals surface area (Å²) < 4.78 is 0. The van der Waals surface area contributed by atoms with E-state index in [4.69, 9.17) is 0 Å². The van der Waals surface area contributed by atoms with Crippen LogP contribution >= 0.6 is 11.3 Å². The van der Waals surface area contributed by atoms with Crippen molar-refractivity contribution in [1.82, 2.24) is 10.6 Å². The lowest BCUT2D eigenvalue weighted by molar-refractivity contribution is -0.127. The van der Waals surface area contributed by atoms with Crippen molar-refractivity contribution >= 4 is 29.2 Å². The van der Waals surface area contributed by atoms with Gasteiger partial charge in [-0.2, -0.15) is 11.3 Å². The van der Waals surface area contributed by atoms with Gasteiger partial charge in [-0.25, -0.2) is 0 Å². The van der Waals surface area contributed by atoms with E-state index in [9.17, 15) is 9.59 Å². The molecule has 1 aromatic heterocycles. The van der Waals surface area contributed by atoms with Crippen molar-refractivity contribution in [2.24, 2.45) is 0 Å². The van der Waals surface area contributed by atoms with Gasteiger partial charge in [-0.1, -0.05) is 12.8 Å². The number of carbonyl (C=O) groups excluding carboxylic acids is 2. The molecule has 4 nitrogen and oxygen atoms in total. The maximum atomic E-state index is 11.9. The summed E-state index contributed by atoms with van der Waals surface area (Å²) in [5.41, 5.74) is 0.994. The Labute approximate surface area is 123 Å². The standard InChI is InChI=1S/C15H20N2O2S/c1-11(15(19)17-13-4-2-3-5-13)16-14(18)7-6-12-8-9-20-10-12/h6-11,13H,2-5H2,1H3,(H,16,18)(H,17,19)/b7-6+/t11-/m0/s1. The summed E-state index contributed by atoms with van der Waals surface area (Å²) >= 11 is 1.58. The first-order chi connectivity index (χ1) is 9.65. The predicted octanol–water partition coefficient (Wildman–Crippen LogP) is 2.32. The van der Waals surface area contributed by atoms with E-state index >= 15 is 0 Å². The first-order valence-electron chi connectivity index (χ1n) is 6.96. The lowest BCUT2D eigenvalue weighted by Gasteiger charge is -2.17. The van der Waals surface area contributed by atoms with E-state index in [1.165, 1.54) is 18.9 Å². The van der Waals surface area contributed by atoms with Crippen LogP contribution in [-0.2, 0) is 9.59 Å². The quantitative estimate of drug-likeness (QED) is 0.818. The van der Waals surface area contributed by atoms with Crippen LogP contribution in [-0.4, -0.2) is 23.9 Å². The van der Waals surface area contributed by atoms with Crippen molar-refractivity contribution < 1.29 is 9.59 Å². The molecule has 1 aromatic rings. The van der Waals surface area contributed by atoms with E-state index in [1.807, 2.05) is 16.8 Å². The van der Waals surface area contributed by atoms with Gasteiger partial charge in [0.2, 0.25) is 11.8 Å². The lowest BCUT2D eigenvalue weighted by atomic mass is 10.2. The van der Waals surface area contributed by atoms with Crippen LogP contribution in [0.15, 0.2) is 22.9 Å². The molecule has 1 saturated carbocycles. The second kappa shape index (κ2) is 7.24. The Morgan fingerprint density at radius 2 is 2.15 bits per heavy atom. The van der Waals surface area contributed by atoms with Crippen LogP contribution < -0.4 is 10.6 Å². The molecule has 0 spiro atoms. The van der Waals surface area contributed by atoms with Crippen LogP contribution in [0.1, 0.15) is 38.2 Å². The number of hydrogen-bond acceptors (Lipinski definition) is 3. The second-order valence-electron chi connectivity index (χ2n) is 5.11. The Bertz CT molecular complexity index is 476. The second-order valence-corrected chi connectivity index (χ2v) is 5.89. The van der Waals surface area contributed by atoms with Crippen LogP contribution in [0.4, 0.5) is 0 Å². The molecule has 5 heteroatoms. The highest BCUT2D eigenvalue weighted by molar-refractivity contribution is 7.08. The van der Waals surface area contributed by atoms with Gasteiger partial charge < -0.3 is 10.6 Å². The molecular weight excluding hydrogens is 272 g/mol. The van der Waals surface area contributed by atoms with Gasteiger partial charge in [-0.3, -0.25) is 9.59 Å². The normalized spacial score (nSPS) is 17.2. The van der Waals surface area contributed by atoms with Crippen LogP contribution in [0.25, 0.3) is 6.08 Å². The number of hydrogen-bond donors (Lipinski definition) is 2. The van der Waals surface area contributed by atoms with Crippen molar-refractivity contribution in [2.45, 2.75) is 44.7 Å². The molecule has 1 heterocycles. The Kier molecular flexibility index (Phi) is 5.35. The van der Waals surface area contributed by atoms with E-state index in [2.05, 4.69) is 10.6 Å². The molecule has 0 aliphatic heterocycles. The molecule has 2 rings (SSSR count). The summed E-state index contributed by atoms with van der Waals surface area (Å²) in [7, 11) is 0. The molecule has 0 saturated heterocycles. The molecule has 1 aliphatic carbocycles. The Morgan fingerprint density at radius 1 is 1.40 bits per heavy atom. The van der Waals surface area contributed by atoms with Crippen molar-refractivity contribution in [2.75, 3.05) is 0 Å². The molecular formula is C15H20N2O2S. The highest BCUT2D eigenvalue weighted by atomic mass is 32.1.